The van der Waals surface area contributed by atoms with Crippen molar-refractivity contribution in [2.24, 2.45) is 0 Å². The summed E-state index contributed by atoms with van der Waals surface area (Å²) in [5, 5.41) is 5.80. The Morgan fingerprint density at radius 3 is 2.56 bits per heavy atom. The van der Waals surface area contributed by atoms with E-state index >= 15 is 0 Å². The van der Waals surface area contributed by atoms with Gasteiger partial charge in [0.2, 0.25) is 0 Å². The summed E-state index contributed by atoms with van der Waals surface area (Å²) < 4.78 is 11.4. The predicted molar refractivity (Wildman–Crippen MR) is 130 cm³/mol. The van der Waals surface area contributed by atoms with E-state index in [0.717, 1.165) is 0 Å². The lowest BCUT2D eigenvalue weighted by Gasteiger charge is -2.13. The van der Waals surface area contributed by atoms with E-state index in [1.165, 1.54) is 12.3 Å². The number of anilines is 1. The number of hydrogen-bond donors (Lipinski definition) is 2. The normalized spacial score (nSPS) is 10.2. The number of nitrogens with zero attached hydrogens (tertiary/aromatic N) is 1. The molecule has 164 valence electrons. The first kappa shape index (κ1) is 23.6. The number of esters is 1. The van der Waals surface area contributed by atoms with Crippen molar-refractivity contribution in [1.82, 2.24) is 10.3 Å². The summed E-state index contributed by atoms with van der Waals surface area (Å²) in [5.41, 5.74) is 0.778. The highest BCUT2D eigenvalue weighted by Crippen LogP contribution is 2.35. The van der Waals surface area contributed by atoms with Gasteiger partial charge in [-0.2, -0.15) is 0 Å². The number of amides is 1. The molecule has 0 fully saturated rings. The zero-order valence-corrected chi connectivity index (χ0v) is 19.9. The Hall–Kier alpha value is -3.01. The van der Waals surface area contributed by atoms with Crippen molar-refractivity contribution in [3.8, 4) is 11.5 Å². The van der Waals surface area contributed by atoms with Crippen molar-refractivity contribution < 1.29 is 19.1 Å². The number of halogens is 2. The first-order valence-electron chi connectivity index (χ1n) is 9.35. The third-order valence-electron chi connectivity index (χ3n) is 3.99. The van der Waals surface area contributed by atoms with E-state index in [0.29, 0.717) is 32.2 Å². The van der Waals surface area contributed by atoms with Gasteiger partial charge in [-0.25, -0.2) is 9.78 Å². The Kier molecular flexibility index (Phi) is 8.15. The molecule has 0 aliphatic rings. The molecule has 32 heavy (non-hydrogen) atoms. The van der Waals surface area contributed by atoms with Crippen LogP contribution in [0.4, 0.5) is 5.82 Å². The summed E-state index contributed by atoms with van der Waals surface area (Å²) in [4.78, 5) is 28.4. The minimum atomic E-state index is -0.482. The molecular weight excluding hydrogens is 518 g/mol. The van der Waals surface area contributed by atoms with Gasteiger partial charge in [-0.05, 0) is 65.4 Å². The van der Waals surface area contributed by atoms with Gasteiger partial charge in [0.15, 0.2) is 5.11 Å². The predicted octanol–water partition coefficient (Wildman–Crippen LogP) is 5.59. The van der Waals surface area contributed by atoms with Crippen LogP contribution in [0.2, 0.25) is 5.02 Å². The lowest BCUT2D eigenvalue weighted by Crippen LogP contribution is -2.34. The van der Waals surface area contributed by atoms with Gasteiger partial charge in [0, 0.05) is 17.8 Å². The van der Waals surface area contributed by atoms with Crippen LogP contribution in [0.1, 0.15) is 27.6 Å². The largest absolute Gasteiger partial charge is 0.462 e. The van der Waals surface area contributed by atoms with Crippen LogP contribution in [0.25, 0.3) is 0 Å². The van der Waals surface area contributed by atoms with E-state index < -0.39 is 5.97 Å². The van der Waals surface area contributed by atoms with Crippen molar-refractivity contribution in [3.05, 3.63) is 81.4 Å². The maximum atomic E-state index is 12.2. The van der Waals surface area contributed by atoms with Crippen LogP contribution in [-0.2, 0) is 4.74 Å². The SMILES string of the molecule is CCOC(=O)c1ccc(Cl)c(Oc2cc(NC(=S)NC(=O)c3ccccc3)ncc2Br)c1. The van der Waals surface area contributed by atoms with Crippen molar-refractivity contribution >= 4 is 62.6 Å². The van der Waals surface area contributed by atoms with Gasteiger partial charge in [-0.1, -0.05) is 29.8 Å². The first-order valence-corrected chi connectivity index (χ1v) is 10.9. The number of rotatable bonds is 6. The van der Waals surface area contributed by atoms with Gasteiger partial charge < -0.3 is 14.8 Å². The molecule has 2 aromatic carbocycles. The van der Waals surface area contributed by atoms with Crippen molar-refractivity contribution in [2.75, 3.05) is 11.9 Å². The minimum Gasteiger partial charge on any atom is -0.462 e. The van der Waals surface area contributed by atoms with Gasteiger partial charge >= 0.3 is 5.97 Å². The lowest BCUT2D eigenvalue weighted by atomic mass is 10.2. The topological polar surface area (TPSA) is 89.5 Å². The number of hydrogen-bond acceptors (Lipinski definition) is 6. The average Bonchev–Trinajstić information content (AvgIpc) is 2.78. The summed E-state index contributed by atoms with van der Waals surface area (Å²) in [6.07, 6.45) is 1.50. The van der Waals surface area contributed by atoms with Gasteiger partial charge in [0.25, 0.3) is 5.91 Å². The molecule has 2 N–H and O–H groups in total. The molecule has 7 nitrogen and oxygen atoms in total. The molecule has 0 unspecified atom stereocenters. The summed E-state index contributed by atoms with van der Waals surface area (Å²) in [5.74, 6) is 0.126. The highest BCUT2D eigenvalue weighted by atomic mass is 79.9. The van der Waals surface area contributed by atoms with Crippen LogP contribution in [0.5, 0.6) is 11.5 Å². The van der Waals surface area contributed by atoms with E-state index in [9.17, 15) is 9.59 Å². The molecule has 0 saturated carbocycles. The number of aromatic nitrogens is 1. The Morgan fingerprint density at radius 2 is 1.84 bits per heavy atom. The van der Waals surface area contributed by atoms with Crippen LogP contribution in [0.3, 0.4) is 0 Å². The Labute approximate surface area is 203 Å². The molecule has 0 bridgehead atoms. The van der Waals surface area contributed by atoms with Gasteiger partial charge in [-0.15, -0.1) is 0 Å². The fourth-order valence-corrected chi connectivity index (χ4v) is 3.17. The van der Waals surface area contributed by atoms with E-state index in [1.54, 1.807) is 49.4 Å². The van der Waals surface area contributed by atoms with E-state index in [1.807, 2.05) is 6.07 Å². The molecule has 0 spiro atoms. The van der Waals surface area contributed by atoms with E-state index in [-0.39, 0.29) is 23.4 Å². The smallest absolute Gasteiger partial charge is 0.338 e. The number of carbonyl (C=O) groups excluding carboxylic acids is 2. The van der Waals surface area contributed by atoms with Crippen molar-refractivity contribution in [3.63, 3.8) is 0 Å². The molecule has 0 radical (unpaired) electrons. The molecule has 1 heterocycles. The Morgan fingerprint density at radius 1 is 1.09 bits per heavy atom. The first-order chi connectivity index (χ1) is 15.4. The zero-order chi connectivity index (χ0) is 23.1. The van der Waals surface area contributed by atoms with Crippen LogP contribution in [0.15, 0.2) is 65.3 Å². The molecule has 0 aliphatic carbocycles. The van der Waals surface area contributed by atoms with Crippen LogP contribution in [-0.4, -0.2) is 28.6 Å². The fraction of sp³-hybridized carbons (Fsp3) is 0.0909. The third-order valence-corrected chi connectivity index (χ3v) is 5.10. The van der Waals surface area contributed by atoms with Crippen molar-refractivity contribution in [2.45, 2.75) is 6.92 Å². The maximum Gasteiger partial charge on any atom is 0.338 e. The molecule has 1 aromatic heterocycles. The van der Waals surface area contributed by atoms with Crippen molar-refractivity contribution in [1.29, 1.82) is 0 Å². The summed E-state index contributed by atoms with van der Waals surface area (Å²) in [6.45, 7) is 1.98. The van der Waals surface area contributed by atoms with Crippen LogP contribution < -0.4 is 15.4 Å². The minimum absolute atomic E-state index is 0.0713. The number of benzene rings is 2. The summed E-state index contributed by atoms with van der Waals surface area (Å²) in [7, 11) is 0. The molecule has 0 atom stereocenters. The van der Waals surface area contributed by atoms with Gasteiger partial charge in [-0.3, -0.25) is 10.1 Å². The number of thiocarbonyl (C=S) groups is 1. The van der Waals surface area contributed by atoms with Crippen LogP contribution in [0, 0.1) is 0 Å². The second kappa shape index (κ2) is 11.0. The molecule has 10 heteroatoms. The fourth-order valence-electron chi connectivity index (χ4n) is 2.52. The summed E-state index contributed by atoms with van der Waals surface area (Å²) in [6, 6.07) is 14.8. The Bertz CT molecular complexity index is 1160. The van der Waals surface area contributed by atoms with Gasteiger partial charge in [0.1, 0.15) is 17.3 Å². The molecule has 1 amide bonds. The quantitative estimate of drug-likeness (QED) is 0.315. The molecule has 0 aliphatic heterocycles. The second-order valence-electron chi connectivity index (χ2n) is 6.24. The molecular formula is C22H17BrClN3O4S. The highest BCUT2D eigenvalue weighted by molar-refractivity contribution is 9.10. The molecule has 0 saturated heterocycles. The standard InChI is InChI=1S/C22H17BrClN3O4S/c1-2-30-21(29)14-8-9-16(24)18(10-14)31-17-11-19(25-12-15(17)23)26-22(32)27-20(28)13-6-4-3-5-7-13/h3-12H,2H2,1H3,(H2,25,26,27,28,32). The monoisotopic (exact) mass is 533 g/mol. The highest BCUT2D eigenvalue weighted by Gasteiger charge is 2.14. The summed E-state index contributed by atoms with van der Waals surface area (Å²) >= 11 is 14.8. The zero-order valence-electron chi connectivity index (χ0n) is 16.7. The average molecular weight is 535 g/mol. The lowest BCUT2D eigenvalue weighted by molar-refractivity contribution is 0.0526. The number of carbonyl (C=O) groups is 2. The number of nitrogens with one attached hydrogen (secondary N) is 2. The number of pyridine rings is 1. The van der Waals surface area contributed by atoms with Gasteiger partial charge in [0.05, 0.1) is 21.7 Å². The third kappa shape index (κ3) is 6.25. The molecule has 3 aromatic rings. The number of ether oxygens (including phenoxy) is 2. The molecule has 3 rings (SSSR count). The van der Waals surface area contributed by atoms with E-state index in [4.69, 9.17) is 33.3 Å². The second-order valence-corrected chi connectivity index (χ2v) is 7.91. The van der Waals surface area contributed by atoms with Crippen LogP contribution >= 0.6 is 39.7 Å². The maximum absolute atomic E-state index is 12.2. The van der Waals surface area contributed by atoms with E-state index in [2.05, 4.69) is 31.5 Å². The Balaban J connectivity index is 1.73.